The molecule has 0 unspecified atom stereocenters. The van der Waals surface area contributed by atoms with Crippen LogP contribution in [0.15, 0.2) is 46.4 Å². The summed E-state index contributed by atoms with van der Waals surface area (Å²) < 4.78 is 0.791. The first-order chi connectivity index (χ1) is 9.83. The van der Waals surface area contributed by atoms with Crippen LogP contribution >= 0.6 is 23.1 Å². The highest BCUT2D eigenvalue weighted by Gasteiger charge is 2.08. The Morgan fingerprint density at radius 3 is 3.10 bits per heavy atom. The Bertz CT molecular complexity index is 725. The second kappa shape index (κ2) is 5.98. The molecule has 0 aliphatic heterocycles. The molecular formula is C13H10N4OS2. The second-order valence-electron chi connectivity index (χ2n) is 3.92. The normalized spacial score (nSPS) is 10.6. The van der Waals surface area contributed by atoms with E-state index in [2.05, 4.69) is 20.5 Å². The predicted octanol–water partition coefficient (Wildman–Crippen LogP) is 2.82. The largest absolute Gasteiger partial charge is 0.325 e. The third kappa shape index (κ3) is 2.94. The van der Waals surface area contributed by atoms with Crippen molar-refractivity contribution in [1.82, 2.24) is 15.2 Å². The molecule has 1 amide bonds. The van der Waals surface area contributed by atoms with Crippen molar-refractivity contribution in [3.63, 3.8) is 0 Å². The Morgan fingerprint density at radius 1 is 1.30 bits per heavy atom. The molecule has 1 aromatic carbocycles. The highest BCUT2D eigenvalue weighted by Crippen LogP contribution is 2.23. The smallest absolute Gasteiger partial charge is 0.234 e. The number of pyridine rings is 1. The van der Waals surface area contributed by atoms with E-state index in [1.54, 1.807) is 11.7 Å². The monoisotopic (exact) mass is 302 g/mol. The zero-order valence-electron chi connectivity index (χ0n) is 10.3. The third-order valence-electron chi connectivity index (χ3n) is 2.59. The van der Waals surface area contributed by atoms with E-state index in [0.29, 0.717) is 5.75 Å². The lowest BCUT2D eigenvalue weighted by molar-refractivity contribution is -0.113. The van der Waals surface area contributed by atoms with Gasteiger partial charge in [-0.1, -0.05) is 29.2 Å². The minimum absolute atomic E-state index is 0.0680. The van der Waals surface area contributed by atoms with Crippen LogP contribution in [0.3, 0.4) is 0 Å². The maximum absolute atomic E-state index is 12.0. The van der Waals surface area contributed by atoms with Crippen LogP contribution in [0.2, 0.25) is 0 Å². The van der Waals surface area contributed by atoms with Crippen molar-refractivity contribution in [2.75, 3.05) is 11.1 Å². The van der Waals surface area contributed by atoms with Gasteiger partial charge in [0.15, 0.2) is 4.34 Å². The number of rotatable bonds is 4. The van der Waals surface area contributed by atoms with Gasteiger partial charge in [-0.2, -0.15) is 0 Å². The molecule has 0 fully saturated rings. The molecular weight excluding hydrogens is 292 g/mol. The Balaban J connectivity index is 1.71. The Morgan fingerprint density at radius 2 is 2.25 bits per heavy atom. The molecule has 0 saturated carbocycles. The van der Waals surface area contributed by atoms with Crippen LogP contribution < -0.4 is 5.32 Å². The number of carbonyl (C=O) groups excluding carboxylic acids is 1. The maximum Gasteiger partial charge on any atom is 0.234 e. The number of nitrogens with zero attached hydrogens (tertiary/aromatic N) is 3. The minimum atomic E-state index is -0.0680. The average Bonchev–Trinajstić information content (AvgIpc) is 2.99. The van der Waals surface area contributed by atoms with Crippen LogP contribution in [0.5, 0.6) is 0 Å². The van der Waals surface area contributed by atoms with Crippen LogP contribution in [0.4, 0.5) is 5.69 Å². The van der Waals surface area contributed by atoms with Crippen molar-refractivity contribution >= 4 is 45.6 Å². The molecule has 0 aliphatic carbocycles. The summed E-state index contributed by atoms with van der Waals surface area (Å²) in [5.41, 5.74) is 3.29. The number of thioether (sulfide) groups is 1. The summed E-state index contributed by atoms with van der Waals surface area (Å²) in [6.07, 6.45) is 1.74. The number of hydrogen-bond donors (Lipinski definition) is 1. The van der Waals surface area contributed by atoms with Crippen molar-refractivity contribution in [2.45, 2.75) is 4.34 Å². The Hall–Kier alpha value is -1.99. The fourth-order valence-corrected chi connectivity index (χ4v) is 3.04. The second-order valence-corrected chi connectivity index (χ2v) is 5.97. The molecule has 5 nitrogen and oxygen atoms in total. The Kier molecular flexibility index (Phi) is 3.89. The zero-order valence-corrected chi connectivity index (χ0v) is 11.9. The summed E-state index contributed by atoms with van der Waals surface area (Å²) in [6, 6.07) is 9.46. The van der Waals surface area contributed by atoms with E-state index in [9.17, 15) is 4.79 Å². The fraction of sp³-hybridized carbons (Fsp3) is 0.0769. The van der Waals surface area contributed by atoms with Gasteiger partial charge in [-0.05, 0) is 24.3 Å². The summed E-state index contributed by atoms with van der Waals surface area (Å²) in [5, 5.41) is 11.5. The van der Waals surface area contributed by atoms with Gasteiger partial charge in [0.05, 0.1) is 17.0 Å². The number of benzene rings is 1. The molecule has 0 saturated heterocycles. The quantitative estimate of drug-likeness (QED) is 0.751. The van der Waals surface area contributed by atoms with E-state index < -0.39 is 0 Å². The first kappa shape index (κ1) is 13.0. The molecule has 20 heavy (non-hydrogen) atoms. The minimum Gasteiger partial charge on any atom is -0.325 e. The molecule has 0 atom stereocenters. The highest BCUT2D eigenvalue weighted by atomic mass is 32.2. The van der Waals surface area contributed by atoms with Crippen LogP contribution in [0.1, 0.15) is 0 Å². The molecule has 1 N–H and O–H groups in total. The van der Waals surface area contributed by atoms with Crippen molar-refractivity contribution in [1.29, 1.82) is 0 Å². The summed E-state index contributed by atoms with van der Waals surface area (Å²) in [5.74, 6) is 0.243. The standard InChI is InChI=1S/C13H10N4OS2/c18-12(7-19-13-17-15-8-20-13)16-11-5-1-4-10-9(11)3-2-6-14-10/h1-6,8H,7H2,(H,16,18). The van der Waals surface area contributed by atoms with Gasteiger partial charge in [0.2, 0.25) is 5.91 Å². The van der Waals surface area contributed by atoms with Crippen molar-refractivity contribution in [2.24, 2.45) is 0 Å². The van der Waals surface area contributed by atoms with E-state index >= 15 is 0 Å². The molecule has 0 aliphatic rings. The lowest BCUT2D eigenvalue weighted by Gasteiger charge is -2.07. The molecule has 0 bridgehead atoms. The van der Waals surface area contributed by atoms with Gasteiger partial charge in [0, 0.05) is 11.6 Å². The van der Waals surface area contributed by atoms with Gasteiger partial charge in [-0.15, -0.1) is 10.2 Å². The highest BCUT2D eigenvalue weighted by molar-refractivity contribution is 8.01. The summed E-state index contributed by atoms with van der Waals surface area (Å²) in [4.78, 5) is 16.2. The maximum atomic E-state index is 12.0. The third-order valence-corrected chi connectivity index (χ3v) is 4.45. The molecule has 3 rings (SSSR count). The van der Waals surface area contributed by atoms with Crippen LogP contribution in [0.25, 0.3) is 10.9 Å². The van der Waals surface area contributed by atoms with Gasteiger partial charge >= 0.3 is 0 Å². The number of fused-ring (bicyclic) bond motifs is 1. The topological polar surface area (TPSA) is 67.8 Å². The number of hydrogen-bond acceptors (Lipinski definition) is 6. The first-order valence-corrected chi connectivity index (χ1v) is 7.72. The lowest BCUT2D eigenvalue weighted by Crippen LogP contribution is -2.14. The van der Waals surface area contributed by atoms with Gasteiger partial charge < -0.3 is 5.32 Å². The zero-order chi connectivity index (χ0) is 13.8. The van der Waals surface area contributed by atoms with Crippen LogP contribution in [-0.2, 0) is 4.79 Å². The molecule has 100 valence electrons. The number of nitrogens with one attached hydrogen (secondary N) is 1. The number of aromatic nitrogens is 3. The summed E-state index contributed by atoms with van der Waals surface area (Å²) >= 11 is 2.80. The van der Waals surface area contributed by atoms with Gasteiger partial charge in [-0.3, -0.25) is 9.78 Å². The molecule has 2 aromatic heterocycles. The molecule has 7 heteroatoms. The average molecular weight is 302 g/mol. The first-order valence-electron chi connectivity index (χ1n) is 5.85. The van der Waals surface area contributed by atoms with Crippen molar-refractivity contribution in [3.05, 3.63) is 42.0 Å². The molecule has 2 heterocycles. The molecule has 0 spiro atoms. The van der Waals surface area contributed by atoms with Crippen molar-refractivity contribution < 1.29 is 4.79 Å². The molecule has 3 aromatic rings. The van der Waals surface area contributed by atoms with Crippen LogP contribution in [-0.4, -0.2) is 26.8 Å². The van der Waals surface area contributed by atoms with E-state index in [0.717, 1.165) is 20.9 Å². The van der Waals surface area contributed by atoms with E-state index in [1.165, 1.54) is 23.1 Å². The van der Waals surface area contributed by atoms with Crippen molar-refractivity contribution in [3.8, 4) is 0 Å². The van der Waals surface area contributed by atoms with E-state index in [4.69, 9.17) is 0 Å². The lowest BCUT2D eigenvalue weighted by atomic mass is 10.2. The van der Waals surface area contributed by atoms with Gasteiger partial charge in [0.1, 0.15) is 5.51 Å². The predicted molar refractivity (Wildman–Crippen MR) is 81.0 cm³/mol. The van der Waals surface area contributed by atoms with Gasteiger partial charge in [0.25, 0.3) is 0 Å². The number of anilines is 1. The summed E-state index contributed by atoms with van der Waals surface area (Å²) in [7, 11) is 0. The van der Waals surface area contributed by atoms with Crippen LogP contribution in [0, 0.1) is 0 Å². The SMILES string of the molecule is O=C(CSc1nncs1)Nc1cccc2ncccc12. The van der Waals surface area contributed by atoms with E-state index in [1.807, 2.05) is 30.3 Å². The fourth-order valence-electron chi connectivity index (χ4n) is 1.75. The van der Waals surface area contributed by atoms with Gasteiger partial charge in [-0.25, -0.2) is 0 Å². The summed E-state index contributed by atoms with van der Waals surface area (Å²) in [6.45, 7) is 0. The molecule has 0 radical (unpaired) electrons. The number of amides is 1. The number of carbonyl (C=O) groups is 1. The van der Waals surface area contributed by atoms with E-state index in [-0.39, 0.29) is 5.91 Å². The Labute approximate surface area is 123 Å².